The van der Waals surface area contributed by atoms with Gasteiger partial charge in [0.05, 0.1) is 6.54 Å². The largest absolute Gasteiger partial charge is 0.358 e. The predicted molar refractivity (Wildman–Crippen MR) is 78.1 cm³/mol. The standard InChI is InChI=1S/C15H21N3O/c1-10-14(11-6-4-5-7-12(11)18-10)15(2,3)9-17-13(19)8-16/h4-7,18H,8-9,16H2,1-3H3,(H,17,19). The number of para-hydroxylation sites is 1. The van der Waals surface area contributed by atoms with Gasteiger partial charge in [0.25, 0.3) is 0 Å². The Morgan fingerprint density at radius 3 is 2.74 bits per heavy atom. The summed E-state index contributed by atoms with van der Waals surface area (Å²) in [5.41, 5.74) is 8.71. The lowest BCUT2D eigenvalue weighted by molar-refractivity contribution is -0.119. The van der Waals surface area contributed by atoms with E-state index in [2.05, 4.69) is 43.2 Å². The van der Waals surface area contributed by atoms with Gasteiger partial charge in [-0.3, -0.25) is 4.79 Å². The zero-order valence-electron chi connectivity index (χ0n) is 11.7. The Morgan fingerprint density at radius 2 is 2.05 bits per heavy atom. The van der Waals surface area contributed by atoms with Crippen molar-refractivity contribution in [1.29, 1.82) is 0 Å². The molecule has 1 aromatic heterocycles. The van der Waals surface area contributed by atoms with Crippen LogP contribution in [-0.2, 0) is 10.2 Å². The molecule has 2 aromatic rings. The van der Waals surface area contributed by atoms with Gasteiger partial charge in [-0.2, -0.15) is 0 Å². The van der Waals surface area contributed by atoms with E-state index in [9.17, 15) is 4.79 Å². The van der Waals surface area contributed by atoms with Crippen LogP contribution < -0.4 is 11.1 Å². The minimum absolute atomic E-state index is 0.0307. The highest BCUT2D eigenvalue weighted by Gasteiger charge is 2.26. The van der Waals surface area contributed by atoms with Crippen LogP contribution in [0.4, 0.5) is 0 Å². The molecular formula is C15H21N3O. The minimum Gasteiger partial charge on any atom is -0.358 e. The molecule has 4 nitrogen and oxygen atoms in total. The number of aromatic amines is 1. The highest BCUT2D eigenvalue weighted by atomic mass is 16.1. The van der Waals surface area contributed by atoms with Crippen molar-refractivity contribution in [1.82, 2.24) is 10.3 Å². The summed E-state index contributed by atoms with van der Waals surface area (Å²) >= 11 is 0. The first kappa shape index (κ1) is 13.6. The van der Waals surface area contributed by atoms with Crippen LogP contribution in [0.5, 0.6) is 0 Å². The number of hydrogen-bond donors (Lipinski definition) is 3. The molecule has 102 valence electrons. The molecule has 19 heavy (non-hydrogen) atoms. The van der Waals surface area contributed by atoms with Gasteiger partial charge in [-0.1, -0.05) is 32.0 Å². The Labute approximate surface area is 113 Å². The van der Waals surface area contributed by atoms with Crippen molar-refractivity contribution >= 4 is 16.8 Å². The third kappa shape index (κ3) is 2.63. The smallest absolute Gasteiger partial charge is 0.233 e. The average Bonchev–Trinajstić information content (AvgIpc) is 2.72. The number of rotatable bonds is 4. The first-order valence-corrected chi connectivity index (χ1v) is 6.50. The molecule has 0 aliphatic heterocycles. The monoisotopic (exact) mass is 259 g/mol. The van der Waals surface area contributed by atoms with Crippen molar-refractivity contribution < 1.29 is 4.79 Å². The van der Waals surface area contributed by atoms with Gasteiger partial charge in [0.15, 0.2) is 0 Å². The number of hydrogen-bond acceptors (Lipinski definition) is 2. The zero-order valence-corrected chi connectivity index (χ0v) is 11.7. The third-order valence-electron chi connectivity index (χ3n) is 3.48. The van der Waals surface area contributed by atoms with Gasteiger partial charge in [0.2, 0.25) is 5.91 Å². The van der Waals surface area contributed by atoms with Crippen LogP contribution in [0, 0.1) is 6.92 Å². The van der Waals surface area contributed by atoms with Crippen LogP contribution in [0.2, 0.25) is 0 Å². The molecule has 0 aliphatic carbocycles. The molecule has 1 amide bonds. The molecule has 0 saturated heterocycles. The summed E-state index contributed by atoms with van der Waals surface area (Å²) in [6, 6.07) is 8.24. The lowest BCUT2D eigenvalue weighted by Gasteiger charge is -2.26. The number of H-pyrrole nitrogens is 1. The Kier molecular flexibility index (Phi) is 3.62. The number of fused-ring (bicyclic) bond motifs is 1. The Bertz CT molecular complexity index is 598. The molecule has 1 aromatic carbocycles. The first-order valence-electron chi connectivity index (χ1n) is 6.50. The predicted octanol–water partition coefficient (Wildman–Crippen LogP) is 1.83. The summed E-state index contributed by atoms with van der Waals surface area (Å²) in [4.78, 5) is 14.7. The maximum Gasteiger partial charge on any atom is 0.233 e. The second kappa shape index (κ2) is 5.05. The van der Waals surface area contributed by atoms with Gasteiger partial charge in [-0.05, 0) is 18.6 Å². The van der Waals surface area contributed by atoms with Crippen molar-refractivity contribution in [2.75, 3.05) is 13.1 Å². The molecule has 0 aliphatic rings. The fraction of sp³-hybridized carbons (Fsp3) is 0.400. The van der Waals surface area contributed by atoms with Crippen LogP contribution in [-0.4, -0.2) is 24.0 Å². The summed E-state index contributed by atoms with van der Waals surface area (Å²) in [6.07, 6.45) is 0. The van der Waals surface area contributed by atoms with Crippen LogP contribution in [0.3, 0.4) is 0 Å². The molecule has 1 heterocycles. The van der Waals surface area contributed by atoms with Crippen LogP contribution in [0.1, 0.15) is 25.1 Å². The lowest BCUT2D eigenvalue weighted by atomic mass is 9.82. The maximum atomic E-state index is 11.3. The maximum absolute atomic E-state index is 11.3. The lowest BCUT2D eigenvalue weighted by Crippen LogP contribution is -2.39. The van der Waals surface area contributed by atoms with Crippen molar-refractivity contribution in [3.8, 4) is 0 Å². The van der Waals surface area contributed by atoms with E-state index in [-0.39, 0.29) is 17.9 Å². The average molecular weight is 259 g/mol. The van der Waals surface area contributed by atoms with Crippen molar-refractivity contribution in [3.63, 3.8) is 0 Å². The normalized spacial score (nSPS) is 11.8. The summed E-state index contributed by atoms with van der Waals surface area (Å²) < 4.78 is 0. The Morgan fingerprint density at radius 1 is 1.37 bits per heavy atom. The van der Waals surface area contributed by atoms with E-state index in [1.807, 2.05) is 12.1 Å². The molecule has 0 atom stereocenters. The number of nitrogens with two attached hydrogens (primary N) is 1. The van der Waals surface area contributed by atoms with Gasteiger partial charge in [-0.25, -0.2) is 0 Å². The van der Waals surface area contributed by atoms with E-state index in [1.54, 1.807) is 0 Å². The van der Waals surface area contributed by atoms with Gasteiger partial charge in [0.1, 0.15) is 0 Å². The quantitative estimate of drug-likeness (QED) is 0.784. The summed E-state index contributed by atoms with van der Waals surface area (Å²) in [5, 5.41) is 4.09. The fourth-order valence-electron chi connectivity index (χ4n) is 2.63. The molecule has 2 rings (SSSR count). The number of carbonyl (C=O) groups excluding carboxylic acids is 1. The molecule has 0 fully saturated rings. The summed E-state index contributed by atoms with van der Waals surface area (Å²) in [5.74, 6) is -0.120. The van der Waals surface area contributed by atoms with Gasteiger partial charge < -0.3 is 16.0 Å². The number of nitrogens with one attached hydrogen (secondary N) is 2. The molecule has 4 heteroatoms. The van der Waals surface area contributed by atoms with E-state index in [0.717, 1.165) is 11.2 Å². The topological polar surface area (TPSA) is 70.9 Å². The number of aromatic nitrogens is 1. The highest BCUT2D eigenvalue weighted by Crippen LogP contribution is 2.32. The van der Waals surface area contributed by atoms with Gasteiger partial charge >= 0.3 is 0 Å². The second-order valence-electron chi connectivity index (χ2n) is 5.54. The molecule has 4 N–H and O–H groups in total. The molecule has 0 spiro atoms. The summed E-state index contributed by atoms with van der Waals surface area (Å²) in [7, 11) is 0. The number of carbonyl (C=O) groups is 1. The minimum atomic E-state index is -0.144. The molecule has 0 saturated carbocycles. The number of benzene rings is 1. The van der Waals surface area contributed by atoms with Crippen molar-refractivity contribution in [3.05, 3.63) is 35.5 Å². The van der Waals surface area contributed by atoms with E-state index in [4.69, 9.17) is 5.73 Å². The van der Waals surface area contributed by atoms with E-state index in [1.165, 1.54) is 10.9 Å². The van der Waals surface area contributed by atoms with Crippen LogP contribution in [0.25, 0.3) is 10.9 Å². The molecule has 0 bridgehead atoms. The third-order valence-corrected chi connectivity index (χ3v) is 3.48. The zero-order chi connectivity index (χ0) is 14.0. The van der Waals surface area contributed by atoms with Crippen molar-refractivity contribution in [2.45, 2.75) is 26.2 Å². The number of aryl methyl sites for hydroxylation is 1. The van der Waals surface area contributed by atoms with Crippen LogP contribution >= 0.6 is 0 Å². The van der Waals surface area contributed by atoms with E-state index >= 15 is 0 Å². The first-order chi connectivity index (χ1) is 8.95. The second-order valence-corrected chi connectivity index (χ2v) is 5.54. The van der Waals surface area contributed by atoms with Gasteiger partial charge in [-0.15, -0.1) is 0 Å². The fourth-order valence-corrected chi connectivity index (χ4v) is 2.63. The van der Waals surface area contributed by atoms with E-state index < -0.39 is 0 Å². The molecule has 0 unspecified atom stereocenters. The van der Waals surface area contributed by atoms with Gasteiger partial charge in [0, 0.05) is 28.6 Å². The Hall–Kier alpha value is -1.81. The Balaban J connectivity index is 2.36. The SMILES string of the molecule is Cc1[nH]c2ccccc2c1C(C)(C)CNC(=O)CN. The molecular weight excluding hydrogens is 238 g/mol. The highest BCUT2D eigenvalue weighted by molar-refractivity contribution is 5.86. The summed E-state index contributed by atoms with van der Waals surface area (Å²) in [6.45, 7) is 6.94. The molecule has 0 radical (unpaired) electrons. The number of amides is 1. The van der Waals surface area contributed by atoms with Crippen molar-refractivity contribution in [2.24, 2.45) is 5.73 Å². The van der Waals surface area contributed by atoms with E-state index in [0.29, 0.717) is 6.54 Å². The van der Waals surface area contributed by atoms with Crippen LogP contribution in [0.15, 0.2) is 24.3 Å².